The van der Waals surface area contributed by atoms with Crippen molar-refractivity contribution in [3.05, 3.63) is 71.9 Å². The summed E-state index contributed by atoms with van der Waals surface area (Å²) in [6.07, 6.45) is 3.40. The van der Waals surface area contributed by atoms with Gasteiger partial charge in [0.05, 0.1) is 6.04 Å². The molecule has 0 aliphatic carbocycles. The van der Waals surface area contributed by atoms with Crippen LogP contribution in [0.5, 0.6) is 0 Å². The van der Waals surface area contributed by atoms with E-state index in [9.17, 15) is 4.79 Å². The van der Waals surface area contributed by atoms with Crippen LogP contribution in [-0.4, -0.2) is 15.9 Å². The number of rotatable bonds is 4. The molecule has 0 saturated heterocycles. The second-order valence-electron chi connectivity index (χ2n) is 5.27. The van der Waals surface area contributed by atoms with Crippen LogP contribution in [0.3, 0.4) is 0 Å². The van der Waals surface area contributed by atoms with Gasteiger partial charge in [-0.25, -0.2) is 4.98 Å². The van der Waals surface area contributed by atoms with E-state index in [1.54, 1.807) is 19.3 Å². The minimum Gasteiger partial charge on any atom is -0.441 e. The fourth-order valence-electron chi connectivity index (χ4n) is 2.31. The average Bonchev–Trinajstić information content (AvgIpc) is 2.98. The number of hydrogen-bond donors (Lipinski definition) is 1. The van der Waals surface area contributed by atoms with Crippen LogP contribution in [0.2, 0.25) is 0 Å². The van der Waals surface area contributed by atoms with Gasteiger partial charge >= 0.3 is 0 Å². The molecule has 5 heteroatoms. The molecule has 1 N–H and O–H groups in total. The number of aromatic nitrogens is 2. The molecule has 0 bridgehead atoms. The van der Waals surface area contributed by atoms with Crippen molar-refractivity contribution in [2.24, 2.45) is 0 Å². The number of nitrogens with one attached hydrogen (secondary N) is 1. The Morgan fingerprint density at radius 3 is 2.52 bits per heavy atom. The highest BCUT2D eigenvalue weighted by Gasteiger charge is 2.19. The first-order valence-corrected chi connectivity index (χ1v) is 7.39. The van der Waals surface area contributed by atoms with E-state index in [0.29, 0.717) is 17.3 Å². The lowest BCUT2D eigenvalue weighted by Crippen LogP contribution is -2.27. The van der Waals surface area contributed by atoms with E-state index in [4.69, 9.17) is 4.42 Å². The van der Waals surface area contributed by atoms with Gasteiger partial charge in [-0.2, -0.15) is 0 Å². The van der Waals surface area contributed by atoms with E-state index < -0.39 is 0 Å². The quantitative estimate of drug-likeness (QED) is 0.800. The predicted octanol–water partition coefficient (Wildman–Crippen LogP) is 3.54. The Bertz CT molecular complexity index is 798. The molecule has 1 atom stereocenters. The second-order valence-corrected chi connectivity index (χ2v) is 5.27. The molecule has 1 aromatic carbocycles. The topological polar surface area (TPSA) is 68.0 Å². The highest BCUT2D eigenvalue weighted by Crippen LogP contribution is 2.22. The number of hydrogen-bond acceptors (Lipinski definition) is 4. The smallest absolute Gasteiger partial charge is 0.274 e. The third-order valence-electron chi connectivity index (χ3n) is 3.59. The summed E-state index contributed by atoms with van der Waals surface area (Å²) in [5, 5.41) is 2.93. The molecule has 2 heterocycles. The maximum atomic E-state index is 12.4. The first-order chi connectivity index (χ1) is 11.1. The third-order valence-corrected chi connectivity index (χ3v) is 3.59. The van der Waals surface area contributed by atoms with Crippen molar-refractivity contribution in [3.8, 4) is 11.5 Å². The van der Waals surface area contributed by atoms with E-state index in [2.05, 4.69) is 15.3 Å². The van der Waals surface area contributed by atoms with E-state index in [-0.39, 0.29) is 11.9 Å². The van der Waals surface area contributed by atoms with E-state index in [1.165, 1.54) is 0 Å². The Balaban J connectivity index is 1.79. The third kappa shape index (κ3) is 3.29. The van der Waals surface area contributed by atoms with Crippen molar-refractivity contribution in [2.45, 2.75) is 19.9 Å². The lowest BCUT2D eigenvalue weighted by molar-refractivity contribution is 0.0934. The fourth-order valence-corrected chi connectivity index (χ4v) is 2.31. The van der Waals surface area contributed by atoms with Gasteiger partial charge in [-0.15, -0.1) is 0 Å². The van der Waals surface area contributed by atoms with Crippen LogP contribution in [-0.2, 0) is 0 Å². The van der Waals surface area contributed by atoms with Crippen LogP contribution in [0.4, 0.5) is 0 Å². The summed E-state index contributed by atoms with van der Waals surface area (Å²) in [5.74, 6) is 0.700. The summed E-state index contributed by atoms with van der Waals surface area (Å²) >= 11 is 0. The number of amides is 1. The molecule has 0 aliphatic heterocycles. The van der Waals surface area contributed by atoms with Gasteiger partial charge < -0.3 is 9.73 Å². The molecule has 3 aromatic rings. The zero-order chi connectivity index (χ0) is 16.2. The van der Waals surface area contributed by atoms with Gasteiger partial charge in [0, 0.05) is 18.0 Å². The Morgan fingerprint density at radius 2 is 1.83 bits per heavy atom. The minimum absolute atomic E-state index is 0.137. The molecule has 0 aliphatic rings. The van der Waals surface area contributed by atoms with Gasteiger partial charge in [0.25, 0.3) is 5.91 Å². The summed E-state index contributed by atoms with van der Waals surface area (Å²) in [6, 6.07) is 13.1. The highest BCUT2D eigenvalue weighted by atomic mass is 16.4. The summed E-state index contributed by atoms with van der Waals surface area (Å²) in [5.41, 5.74) is 2.14. The maximum Gasteiger partial charge on any atom is 0.274 e. The molecule has 1 amide bonds. The molecule has 0 spiro atoms. The van der Waals surface area contributed by atoms with Crippen LogP contribution < -0.4 is 5.32 Å². The molecule has 1 unspecified atom stereocenters. The van der Waals surface area contributed by atoms with Gasteiger partial charge in [0.1, 0.15) is 5.76 Å². The fraction of sp³-hybridized carbons (Fsp3) is 0.167. The molecule has 0 saturated carbocycles. The standard InChI is InChI=1S/C18H17N3O2/c1-12(14-8-10-19-11-9-14)20-17(22)16-13(2)23-18(21-16)15-6-4-3-5-7-15/h3-12H,1-2H3,(H,20,22). The molecule has 116 valence electrons. The van der Waals surface area contributed by atoms with Crippen LogP contribution in [0.25, 0.3) is 11.5 Å². The number of aryl methyl sites for hydroxylation is 1. The van der Waals surface area contributed by atoms with Crippen LogP contribution >= 0.6 is 0 Å². The molecule has 23 heavy (non-hydrogen) atoms. The zero-order valence-electron chi connectivity index (χ0n) is 13.0. The lowest BCUT2D eigenvalue weighted by Gasteiger charge is -2.12. The average molecular weight is 307 g/mol. The van der Waals surface area contributed by atoms with Gasteiger partial charge in [-0.1, -0.05) is 18.2 Å². The molecule has 5 nitrogen and oxygen atoms in total. The summed E-state index contributed by atoms with van der Waals surface area (Å²) in [7, 11) is 0. The number of nitrogens with zero attached hydrogens (tertiary/aromatic N) is 2. The van der Waals surface area contributed by atoms with Crippen molar-refractivity contribution in [3.63, 3.8) is 0 Å². The first kappa shape index (κ1) is 15.0. The highest BCUT2D eigenvalue weighted by molar-refractivity contribution is 5.93. The van der Waals surface area contributed by atoms with Crippen molar-refractivity contribution in [1.82, 2.24) is 15.3 Å². The summed E-state index contributed by atoms with van der Waals surface area (Å²) in [6.45, 7) is 3.66. The Labute approximate surface area is 134 Å². The van der Waals surface area contributed by atoms with Crippen LogP contribution in [0.15, 0.2) is 59.3 Å². The number of carbonyl (C=O) groups excluding carboxylic acids is 1. The van der Waals surface area contributed by atoms with Crippen molar-refractivity contribution in [1.29, 1.82) is 0 Å². The lowest BCUT2D eigenvalue weighted by atomic mass is 10.1. The van der Waals surface area contributed by atoms with Gasteiger partial charge in [-0.3, -0.25) is 9.78 Å². The van der Waals surface area contributed by atoms with Crippen LogP contribution in [0, 0.1) is 6.92 Å². The molecule has 2 aromatic heterocycles. The Morgan fingerprint density at radius 1 is 1.13 bits per heavy atom. The minimum atomic E-state index is -0.252. The Kier molecular flexibility index (Phi) is 4.19. The van der Waals surface area contributed by atoms with Crippen molar-refractivity contribution >= 4 is 5.91 Å². The molecular weight excluding hydrogens is 290 g/mol. The molecule has 3 rings (SSSR count). The SMILES string of the molecule is Cc1oc(-c2ccccc2)nc1C(=O)NC(C)c1ccncc1. The number of benzene rings is 1. The zero-order valence-corrected chi connectivity index (χ0v) is 13.0. The van der Waals surface area contributed by atoms with Gasteiger partial charge in [0.15, 0.2) is 5.69 Å². The van der Waals surface area contributed by atoms with Gasteiger partial charge in [-0.05, 0) is 43.7 Å². The van der Waals surface area contributed by atoms with E-state index in [1.807, 2.05) is 49.4 Å². The van der Waals surface area contributed by atoms with E-state index >= 15 is 0 Å². The molecule has 0 radical (unpaired) electrons. The van der Waals surface area contributed by atoms with Crippen molar-refractivity contribution in [2.75, 3.05) is 0 Å². The monoisotopic (exact) mass is 307 g/mol. The normalized spacial score (nSPS) is 11.9. The van der Waals surface area contributed by atoms with Gasteiger partial charge in [0.2, 0.25) is 5.89 Å². The van der Waals surface area contributed by atoms with Crippen molar-refractivity contribution < 1.29 is 9.21 Å². The predicted molar refractivity (Wildman–Crippen MR) is 86.8 cm³/mol. The van der Waals surface area contributed by atoms with E-state index in [0.717, 1.165) is 11.1 Å². The largest absolute Gasteiger partial charge is 0.441 e. The summed E-state index contributed by atoms with van der Waals surface area (Å²) < 4.78 is 5.63. The molecule has 0 fully saturated rings. The summed E-state index contributed by atoms with van der Waals surface area (Å²) in [4.78, 5) is 20.8. The maximum absolute atomic E-state index is 12.4. The second kappa shape index (κ2) is 6.44. The van der Waals surface area contributed by atoms with Crippen LogP contribution in [0.1, 0.15) is 34.8 Å². The Hall–Kier alpha value is -2.95. The number of carbonyl (C=O) groups is 1. The number of oxazole rings is 1. The first-order valence-electron chi connectivity index (χ1n) is 7.39. The number of pyridine rings is 1. The molecular formula is C18H17N3O2.